The quantitative estimate of drug-likeness (QED) is 0.800. The minimum absolute atomic E-state index is 0.0297. The Balaban J connectivity index is 1.86. The molecule has 2 atom stereocenters. The molecule has 4 heteroatoms. The molecule has 0 radical (unpaired) electrons. The molecule has 1 aromatic carbocycles. The first kappa shape index (κ1) is 16.3. The van der Waals surface area contributed by atoms with Crippen LogP contribution in [0.15, 0.2) is 24.3 Å². The van der Waals surface area contributed by atoms with Crippen LogP contribution in [0.25, 0.3) is 0 Å². The summed E-state index contributed by atoms with van der Waals surface area (Å²) >= 11 is 0. The summed E-state index contributed by atoms with van der Waals surface area (Å²) in [4.78, 5) is 2.39. The fraction of sp³-hybridized carbons (Fsp3) is 0.647. The monoisotopic (exact) mass is 292 g/mol. The molecular weight excluding hydrogens is 264 g/mol. The van der Waals surface area contributed by atoms with Crippen LogP contribution < -0.4 is 10.5 Å². The van der Waals surface area contributed by atoms with Crippen molar-refractivity contribution in [1.29, 1.82) is 0 Å². The van der Waals surface area contributed by atoms with Gasteiger partial charge in [0.15, 0.2) is 0 Å². The second kappa shape index (κ2) is 8.37. The Hall–Kier alpha value is -1.10. The van der Waals surface area contributed by atoms with E-state index in [4.69, 9.17) is 15.2 Å². The first-order valence-electron chi connectivity index (χ1n) is 8.05. The fourth-order valence-corrected chi connectivity index (χ4v) is 2.77. The maximum Gasteiger partial charge on any atom is 0.119 e. The third-order valence-corrected chi connectivity index (χ3v) is 4.01. The van der Waals surface area contributed by atoms with E-state index in [1.165, 1.54) is 12.8 Å². The highest BCUT2D eigenvalue weighted by molar-refractivity contribution is 5.29. The van der Waals surface area contributed by atoms with Crippen LogP contribution in [-0.4, -0.2) is 43.9 Å². The van der Waals surface area contributed by atoms with E-state index in [1.54, 1.807) is 0 Å². The number of nitrogens with zero attached hydrogens (tertiary/aromatic N) is 1. The molecule has 2 unspecified atom stereocenters. The van der Waals surface area contributed by atoms with Crippen molar-refractivity contribution in [2.45, 2.75) is 38.8 Å². The van der Waals surface area contributed by atoms with Crippen molar-refractivity contribution in [3.63, 3.8) is 0 Å². The minimum atomic E-state index is 0.0297. The van der Waals surface area contributed by atoms with E-state index >= 15 is 0 Å². The van der Waals surface area contributed by atoms with Crippen LogP contribution in [0.5, 0.6) is 5.75 Å². The van der Waals surface area contributed by atoms with Crippen molar-refractivity contribution >= 4 is 0 Å². The molecule has 1 aromatic rings. The molecule has 1 saturated heterocycles. The lowest BCUT2D eigenvalue weighted by Crippen LogP contribution is -2.37. The van der Waals surface area contributed by atoms with E-state index in [-0.39, 0.29) is 6.04 Å². The highest BCUT2D eigenvalue weighted by atomic mass is 16.5. The summed E-state index contributed by atoms with van der Waals surface area (Å²) in [6.45, 7) is 8.63. The zero-order chi connectivity index (χ0) is 15.1. The van der Waals surface area contributed by atoms with Crippen molar-refractivity contribution < 1.29 is 9.47 Å². The van der Waals surface area contributed by atoms with Crippen LogP contribution in [0.3, 0.4) is 0 Å². The SMILES string of the molecule is CCOc1ccc(C(N)CN(CC)CC2CCCO2)cc1. The molecule has 2 N–H and O–H groups in total. The zero-order valence-corrected chi connectivity index (χ0v) is 13.3. The smallest absolute Gasteiger partial charge is 0.119 e. The Morgan fingerprint density at radius 2 is 2.10 bits per heavy atom. The van der Waals surface area contributed by atoms with Gasteiger partial charge in [-0.05, 0) is 44.0 Å². The lowest BCUT2D eigenvalue weighted by atomic mass is 10.1. The number of hydrogen-bond acceptors (Lipinski definition) is 4. The number of ether oxygens (including phenoxy) is 2. The van der Waals surface area contributed by atoms with Gasteiger partial charge in [-0.15, -0.1) is 0 Å². The van der Waals surface area contributed by atoms with Crippen molar-refractivity contribution in [3.05, 3.63) is 29.8 Å². The van der Waals surface area contributed by atoms with Gasteiger partial charge in [-0.1, -0.05) is 19.1 Å². The first-order chi connectivity index (χ1) is 10.2. The second-order valence-corrected chi connectivity index (χ2v) is 5.60. The van der Waals surface area contributed by atoms with Crippen molar-refractivity contribution in [1.82, 2.24) is 4.90 Å². The molecule has 4 nitrogen and oxygen atoms in total. The molecule has 0 bridgehead atoms. The molecule has 1 fully saturated rings. The number of benzene rings is 1. The summed E-state index contributed by atoms with van der Waals surface area (Å²) in [6, 6.07) is 8.15. The standard InChI is InChI=1S/C17H28N2O2/c1-3-19(12-16-6-5-11-21-16)13-17(18)14-7-9-15(10-8-14)20-4-2/h7-10,16-17H,3-6,11-13,18H2,1-2H3. The lowest BCUT2D eigenvalue weighted by molar-refractivity contribution is 0.0729. The molecule has 0 aromatic heterocycles. The van der Waals surface area contributed by atoms with Crippen molar-refractivity contribution in [2.24, 2.45) is 5.73 Å². The summed E-state index contributed by atoms with van der Waals surface area (Å²) < 4.78 is 11.2. The van der Waals surface area contributed by atoms with E-state index in [0.717, 1.165) is 37.6 Å². The molecule has 2 rings (SSSR count). The highest BCUT2D eigenvalue weighted by Gasteiger charge is 2.20. The molecule has 1 heterocycles. The van der Waals surface area contributed by atoms with Gasteiger partial charge in [-0.25, -0.2) is 0 Å². The van der Waals surface area contributed by atoms with Crippen LogP contribution in [0.4, 0.5) is 0 Å². The number of hydrogen-bond donors (Lipinski definition) is 1. The van der Waals surface area contributed by atoms with Gasteiger partial charge < -0.3 is 15.2 Å². The molecule has 21 heavy (non-hydrogen) atoms. The number of nitrogens with two attached hydrogens (primary N) is 1. The Bertz CT molecular complexity index is 402. The van der Waals surface area contributed by atoms with Gasteiger partial charge in [0.2, 0.25) is 0 Å². The third kappa shape index (κ3) is 4.99. The van der Waals surface area contributed by atoms with Gasteiger partial charge in [-0.2, -0.15) is 0 Å². The predicted molar refractivity (Wildman–Crippen MR) is 85.6 cm³/mol. The fourth-order valence-electron chi connectivity index (χ4n) is 2.77. The Kier molecular flexibility index (Phi) is 6.49. The van der Waals surface area contributed by atoms with Crippen molar-refractivity contribution in [3.8, 4) is 5.75 Å². The van der Waals surface area contributed by atoms with Crippen LogP contribution in [-0.2, 0) is 4.74 Å². The average molecular weight is 292 g/mol. The normalized spacial score (nSPS) is 19.9. The summed E-state index contributed by atoms with van der Waals surface area (Å²) in [5, 5.41) is 0. The predicted octanol–water partition coefficient (Wildman–Crippen LogP) is 2.59. The summed E-state index contributed by atoms with van der Waals surface area (Å²) in [6.07, 6.45) is 2.75. The van der Waals surface area contributed by atoms with E-state index in [2.05, 4.69) is 24.0 Å². The van der Waals surface area contributed by atoms with Crippen LogP contribution in [0, 0.1) is 0 Å². The van der Waals surface area contributed by atoms with Gasteiger partial charge >= 0.3 is 0 Å². The largest absolute Gasteiger partial charge is 0.494 e. The highest BCUT2D eigenvalue weighted by Crippen LogP contribution is 2.19. The van der Waals surface area contributed by atoms with Crippen LogP contribution >= 0.6 is 0 Å². The molecular formula is C17H28N2O2. The van der Waals surface area contributed by atoms with Crippen LogP contribution in [0.2, 0.25) is 0 Å². The minimum Gasteiger partial charge on any atom is -0.494 e. The summed E-state index contributed by atoms with van der Waals surface area (Å²) in [7, 11) is 0. The number of likely N-dealkylation sites (N-methyl/N-ethyl adjacent to an activating group) is 1. The van der Waals surface area contributed by atoms with Crippen molar-refractivity contribution in [2.75, 3.05) is 32.8 Å². The molecule has 0 spiro atoms. The van der Waals surface area contributed by atoms with E-state index < -0.39 is 0 Å². The second-order valence-electron chi connectivity index (χ2n) is 5.60. The molecule has 0 aliphatic carbocycles. The van der Waals surface area contributed by atoms with E-state index in [9.17, 15) is 0 Å². The maximum absolute atomic E-state index is 6.35. The molecule has 0 amide bonds. The van der Waals surface area contributed by atoms with Gasteiger partial charge in [0.25, 0.3) is 0 Å². The third-order valence-electron chi connectivity index (χ3n) is 4.01. The summed E-state index contributed by atoms with van der Waals surface area (Å²) in [5.74, 6) is 0.903. The molecule has 1 aliphatic heterocycles. The van der Waals surface area contributed by atoms with Gasteiger partial charge in [0.05, 0.1) is 12.7 Å². The van der Waals surface area contributed by atoms with Gasteiger partial charge in [0.1, 0.15) is 5.75 Å². The zero-order valence-electron chi connectivity index (χ0n) is 13.3. The van der Waals surface area contributed by atoms with Gasteiger partial charge in [0, 0.05) is 25.7 Å². The van der Waals surface area contributed by atoms with E-state index in [0.29, 0.717) is 12.7 Å². The molecule has 1 aliphatic rings. The topological polar surface area (TPSA) is 47.7 Å². The molecule has 118 valence electrons. The van der Waals surface area contributed by atoms with Gasteiger partial charge in [-0.3, -0.25) is 4.90 Å². The molecule has 0 saturated carbocycles. The lowest BCUT2D eigenvalue weighted by Gasteiger charge is -2.26. The Morgan fingerprint density at radius 1 is 1.33 bits per heavy atom. The summed E-state index contributed by atoms with van der Waals surface area (Å²) in [5.41, 5.74) is 7.50. The first-order valence-corrected chi connectivity index (χ1v) is 8.05. The average Bonchev–Trinajstić information content (AvgIpc) is 3.00. The number of rotatable bonds is 8. The van der Waals surface area contributed by atoms with E-state index in [1.807, 2.05) is 19.1 Å². The Morgan fingerprint density at radius 3 is 2.67 bits per heavy atom. The Labute approximate surface area is 128 Å². The van der Waals surface area contributed by atoms with Crippen LogP contribution in [0.1, 0.15) is 38.3 Å². The maximum atomic E-state index is 6.35.